The number of ether oxygens (including phenoxy) is 1. The topological polar surface area (TPSA) is 96.0 Å². The van der Waals surface area contributed by atoms with Gasteiger partial charge in [-0.05, 0) is 62.1 Å². The Balaban J connectivity index is 1.73. The van der Waals surface area contributed by atoms with Crippen LogP contribution in [0.25, 0.3) is 0 Å². The number of sulfonamides is 1. The lowest BCUT2D eigenvalue weighted by Gasteiger charge is -2.34. The predicted molar refractivity (Wildman–Crippen MR) is 165 cm³/mol. The number of nitrogens with one attached hydrogen (secondary N) is 1. The maximum absolute atomic E-state index is 14.2. The van der Waals surface area contributed by atoms with Gasteiger partial charge >= 0.3 is 0 Å². The predicted octanol–water partition coefficient (Wildman–Crippen LogP) is 5.72. The quantitative estimate of drug-likeness (QED) is 0.283. The van der Waals surface area contributed by atoms with Crippen molar-refractivity contribution >= 4 is 39.1 Å². The second-order valence-electron chi connectivity index (χ2n) is 10.6. The molecule has 0 saturated heterocycles. The van der Waals surface area contributed by atoms with E-state index in [-0.39, 0.29) is 34.1 Å². The normalized spacial score (nSPS) is 14.3. The first kappa shape index (κ1) is 31.4. The van der Waals surface area contributed by atoms with Crippen LogP contribution < -0.4 is 14.4 Å². The van der Waals surface area contributed by atoms with Crippen molar-refractivity contribution in [3.05, 3.63) is 88.9 Å². The molecule has 1 aliphatic carbocycles. The van der Waals surface area contributed by atoms with E-state index in [4.69, 9.17) is 16.3 Å². The molecule has 1 unspecified atom stereocenters. The minimum atomic E-state index is -4.18. The van der Waals surface area contributed by atoms with Gasteiger partial charge in [0.1, 0.15) is 18.3 Å². The number of aryl methyl sites for hydroxylation is 1. The van der Waals surface area contributed by atoms with Gasteiger partial charge in [0.25, 0.3) is 10.0 Å². The summed E-state index contributed by atoms with van der Waals surface area (Å²) in [5, 5.41) is 3.33. The third-order valence-corrected chi connectivity index (χ3v) is 9.64. The van der Waals surface area contributed by atoms with Gasteiger partial charge in [0.15, 0.2) is 0 Å². The lowest BCUT2D eigenvalue weighted by molar-refractivity contribution is -0.140. The highest BCUT2D eigenvalue weighted by atomic mass is 35.5. The minimum Gasteiger partial charge on any atom is -0.495 e. The number of halogens is 1. The Kier molecular flexibility index (Phi) is 10.5. The average Bonchev–Trinajstić information content (AvgIpc) is 3.49. The summed E-state index contributed by atoms with van der Waals surface area (Å²) in [4.78, 5) is 29.3. The number of carbonyl (C=O) groups is 2. The molecule has 1 atom stereocenters. The van der Waals surface area contributed by atoms with E-state index < -0.39 is 28.5 Å². The van der Waals surface area contributed by atoms with Gasteiger partial charge in [-0.2, -0.15) is 0 Å². The molecule has 0 aromatic heterocycles. The molecule has 2 amide bonds. The fourth-order valence-corrected chi connectivity index (χ4v) is 7.03. The monoisotopic (exact) mass is 611 g/mol. The molecule has 0 spiro atoms. The standard InChI is InChI=1S/C32H38ClN3O5S/c1-4-29(32(38)34-25-13-8-9-14-25)35(21-24-12-10-11-23(2)19-24)31(37)22-36(26-17-18-30(41-3)28(33)20-26)42(39,40)27-15-6-5-7-16-27/h5-7,10-12,15-20,25,29H,4,8-9,13-14,21-22H2,1-3H3,(H,34,38). The number of benzene rings is 3. The average molecular weight is 612 g/mol. The van der Waals surface area contributed by atoms with E-state index in [2.05, 4.69) is 5.32 Å². The fourth-order valence-electron chi connectivity index (χ4n) is 5.35. The highest BCUT2D eigenvalue weighted by Crippen LogP contribution is 2.32. The molecule has 0 heterocycles. The van der Waals surface area contributed by atoms with E-state index in [0.29, 0.717) is 12.2 Å². The Morgan fingerprint density at radius 1 is 1.02 bits per heavy atom. The first-order valence-electron chi connectivity index (χ1n) is 14.2. The van der Waals surface area contributed by atoms with E-state index in [9.17, 15) is 18.0 Å². The Morgan fingerprint density at radius 2 is 1.74 bits per heavy atom. The van der Waals surface area contributed by atoms with Crippen LogP contribution >= 0.6 is 11.6 Å². The van der Waals surface area contributed by atoms with Crippen molar-refractivity contribution in [3.8, 4) is 5.75 Å². The van der Waals surface area contributed by atoms with Gasteiger partial charge in [-0.1, -0.05) is 79.4 Å². The summed E-state index contributed by atoms with van der Waals surface area (Å²) < 4.78 is 34.2. The van der Waals surface area contributed by atoms with Crippen molar-refractivity contribution in [1.82, 2.24) is 10.2 Å². The molecule has 42 heavy (non-hydrogen) atoms. The smallest absolute Gasteiger partial charge is 0.264 e. The van der Waals surface area contributed by atoms with Crippen molar-refractivity contribution in [2.75, 3.05) is 18.0 Å². The first-order valence-corrected chi connectivity index (χ1v) is 16.0. The molecular weight excluding hydrogens is 574 g/mol. The van der Waals surface area contributed by atoms with Gasteiger partial charge in [-0.25, -0.2) is 8.42 Å². The molecule has 10 heteroatoms. The van der Waals surface area contributed by atoms with Crippen LogP contribution in [0.4, 0.5) is 5.69 Å². The zero-order valence-corrected chi connectivity index (χ0v) is 25.8. The van der Waals surface area contributed by atoms with Gasteiger partial charge in [0.05, 0.1) is 22.7 Å². The fraction of sp³-hybridized carbons (Fsp3) is 0.375. The van der Waals surface area contributed by atoms with Crippen molar-refractivity contribution in [2.24, 2.45) is 0 Å². The van der Waals surface area contributed by atoms with Crippen LogP contribution in [0.5, 0.6) is 5.75 Å². The molecule has 224 valence electrons. The highest BCUT2D eigenvalue weighted by molar-refractivity contribution is 7.92. The minimum absolute atomic E-state index is 0.0287. The molecule has 3 aromatic carbocycles. The van der Waals surface area contributed by atoms with Gasteiger partial charge in [0.2, 0.25) is 11.8 Å². The number of anilines is 1. The van der Waals surface area contributed by atoms with E-state index in [1.807, 2.05) is 38.1 Å². The van der Waals surface area contributed by atoms with E-state index in [1.165, 1.54) is 30.2 Å². The summed E-state index contributed by atoms with van der Waals surface area (Å²) in [5.41, 5.74) is 2.07. The van der Waals surface area contributed by atoms with Crippen LogP contribution in [0.3, 0.4) is 0 Å². The number of hydrogen-bond donors (Lipinski definition) is 1. The molecule has 1 saturated carbocycles. The zero-order chi connectivity index (χ0) is 30.3. The SMILES string of the molecule is CCC(C(=O)NC1CCCC1)N(Cc1cccc(C)c1)C(=O)CN(c1ccc(OC)c(Cl)c1)S(=O)(=O)c1ccccc1. The summed E-state index contributed by atoms with van der Waals surface area (Å²) in [6.45, 7) is 3.44. The molecule has 0 bridgehead atoms. The van der Waals surface area contributed by atoms with Gasteiger partial charge < -0.3 is 15.0 Å². The Bertz CT molecular complexity index is 1490. The Labute approximate surface area is 253 Å². The summed E-state index contributed by atoms with van der Waals surface area (Å²) in [7, 11) is -2.72. The Hall–Kier alpha value is -3.56. The largest absolute Gasteiger partial charge is 0.495 e. The van der Waals surface area contributed by atoms with Gasteiger partial charge in [0, 0.05) is 12.6 Å². The van der Waals surface area contributed by atoms with Crippen LogP contribution in [0, 0.1) is 6.92 Å². The molecule has 0 aliphatic heterocycles. The lowest BCUT2D eigenvalue weighted by atomic mass is 10.1. The maximum atomic E-state index is 14.2. The Morgan fingerprint density at radius 3 is 2.36 bits per heavy atom. The van der Waals surface area contributed by atoms with E-state index >= 15 is 0 Å². The molecule has 8 nitrogen and oxygen atoms in total. The number of amides is 2. The maximum Gasteiger partial charge on any atom is 0.264 e. The van der Waals surface area contributed by atoms with E-state index in [0.717, 1.165) is 41.1 Å². The number of nitrogens with zero attached hydrogens (tertiary/aromatic N) is 2. The van der Waals surface area contributed by atoms with Crippen molar-refractivity contribution in [2.45, 2.75) is 69.5 Å². The second-order valence-corrected chi connectivity index (χ2v) is 12.8. The molecular formula is C32H38ClN3O5S. The number of hydrogen-bond acceptors (Lipinski definition) is 5. The van der Waals surface area contributed by atoms with Crippen LogP contribution in [-0.2, 0) is 26.2 Å². The number of methoxy groups -OCH3 is 1. The summed E-state index contributed by atoms with van der Waals surface area (Å²) in [6.07, 6.45) is 4.31. The molecule has 4 rings (SSSR count). The van der Waals surface area contributed by atoms with Crippen molar-refractivity contribution in [1.29, 1.82) is 0 Å². The zero-order valence-electron chi connectivity index (χ0n) is 24.3. The number of carbonyl (C=O) groups excluding carboxylic acids is 2. The van der Waals surface area contributed by atoms with E-state index in [1.54, 1.807) is 30.3 Å². The number of rotatable bonds is 12. The molecule has 1 fully saturated rings. The highest BCUT2D eigenvalue weighted by Gasteiger charge is 2.34. The van der Waals surface area contributed by atoms with Gasteiger partial charge in [-0.15, -0.1) is 0 Å². The molecule has 1 N–H and O–H groups in total. The van der Waals surface area contributed by atoms with Crippen LogP contribution in [-0.4, -0.2) is 50.9 Å². The second kappa shape index (κ2) is 14.1. The van der Waals surface area contributed by atoms with Crippen LogP contribution in [0.2, 0.25) is 5.02 Å². The summed E-state index contributed by atoms with van der Waals surface area (Å²) in [5.74, 6) is -0.355. The van der Waals surface area contributed by atoms with Crippen LogP contribution in [0.1, 0.15) is 50.2 Å². The summed E-state index contributed by atoms with van der Waals surface area (Å²) in [6, 6.07) is 19.5. The van der Waals surface area contributed by atoms with Crippen molar-refractivity contribution in [3.63, 3.8) is 0 Å². The van der Waals surface area contributed by atoms with Crippen molar-refractivity contribution < 1.29 is 22.7 Å². The molecule has 3 aromatic rings. The molecule has 0 radical (unpaired) electrons. The van der Waals surface area contributed by atoms with Crippen LogP contribution in [0.15, 0.2) is 77.7 Å². The first-order chi connectivity index (χ1) is 20.1. The summed E-state index contributed by atoms with van der Waals surface area (Å²) >= 11 is 6.39. The third kappa shape index (κ3) is 7.44. The van der Waals surface area contributed by atoms with Gasteiger partial charge in [-0.3, -0.25) is 13.9 Å². The molecule has 1 aliphatic rings. The lowest BCUT2D eigenvalue weighted by Crippen LogP contribution is -2.53. The third-order valence-electron chi connectivity index (χ3n) is 7.56.